The lowest BCUT2D eigenvalue weighted by Crippen LogP contribution is -2.09. The van der Waals surface area contributed by atoms with E-state index in [1.807, 2.05) is 16.8 Å². The number of benzene rings is 1. The summed E-state index contributed by atoms with van der Waals surface area (Å²) in [4.78, 5) is 0.195. The molecule has 0 saturated carbocycles. The highest BCUT2D eigenvalue weighted by molar-refractivity contribution is 7.80. The molecule has 0 saturated heterocycles. The molecule has 0 aliphatic rings. The summed E-state index contributed by atoms with van der Waals surface area (Å²) in [5.41, 5.74) is 7.23. The van der Waals surface area contributed by atoms with Crippen LogP contribution in [0.3, 0.4) is 0 Å². The molecular weight excluding hydrogens is 243 g/mol. The Balaban J connectivity index is 2.26. The van der Waals surface area contributed by atoms with Gasteiger partial charge in [0.2, 0.25) is 0 Å². The van der Waals surface area contributed by atoms with E-state index in [2.05, 4.69) is 5.32 Å². The van der Waals surface area contributed by atoms with Gasteiger partial charge in [-0.15, -0.1) is 0 Å². The molecule has 0 unspecified atom stereocenters. The highest BCUT2D eigenvalue weighted by Crippen LogP contribution is 2.22. The molecule has 2 aromatic rings. The minimum absolute atomic E-state index is 0.195. The molecule has 3 N–H and O–H groups in total. The van der Waals surface area contributed by atoms with Crippen molar-refractivity contribution < 1.29 is 4.39 Å². The molecule has 2 rings (SSSR count). The van der Waals surface area contributed by atoms with Crippen molar-refractivity contribution in [2.24, 2.45) is 5.73 Å². The first-order valence-electron chi connectivity index (χ1n) is 4.55. The predicted octanol–water partition coefficient (Wildman–Crippen LogP) is 3.27. The molecule has 2 nitrogen and oxygen atoms in total. The molecule has 1 aromatic heterocycles. The number of halogens is 1. The quantitative estimate of drug-likeness (QED) is 0.823. The number of rotatable bonds is 3. The van der Waals surface area contributed by atoms with Crippen LogP contribution in [0, 0.1) is 5.82 Å². The van der Waals surface area contributed by atoms with Crippen molar-refractivity contribution in [3.8, 4) is 0 Å². The predicted molar refractivity (Wildman–Crippen MR) is 69.9 cm³/mol. The van der Waals surface area contributed by atoms with Crippen LogP contribution in [0.25, 0.3) is 0 Å². The second-order valence-electron chi connectivity index (χ2n) is 3.20. The molecule has 82 valence electrons. The number of thiophene rings is 1. The van der Waals surface area contributed by atoms with Crippen LogP contribution in [0.15, 0.2) is 35.0 Å². The normalized spacial score (nSPS) is 10.1. The van der Waals surface area contributed by atoms with E-state index in [0.29, 0.717) is 11.3 Å². The Hall–Kier alpha value is -1.46. The van der Waals surface area contributed by atoms with E-state index >= 15 is 0 Å². The molecule has 0 aliphatic carbocycles. The van der Waals surface area contributed by atoms with Gasteiger partial charge in [-0.2, -0.15) is 11.3 Å². The van der Waals surface area contributed by atoms with E-state index in [-0.39, 0.29) is 10.8 Å². The Morgan fingerprint density at radius 2 is 2.19 bits per heavy atom. The average molecular weight is 252 g/mol. The third-order valence-corrected chi connectivity index (χ3v) is 2.97. The molecule has 1 aromatic carbocycles. The second kappa shape index (κ2) is 4.59. The summed E-state index contributed by atoms with van der Waals surface area (Å²) < 4.78 is 13.6. The van der Waals surface area contributed by atoms with Gasteiger partial charge >= 0.3 is 0 Å². The Morgan fingerprint density at radius 1 is 1.38 bits per heavy atom. The third kappa shape index (κ3) is 2.37. The zero-order chi connectivity index (χ0) is 11.5. The largest absolute Gasteiger partial charge is 0.389 e. The summed E-state index contributed by atoms with van der Waals surface area (Å²) in [6.45, 7) is 0. The molecule has 0 spiro atoms. The monoisotopic (exact) mass is 252 g/mol. The van der Waals surface area contributed by atoms with Gasteiger partial charge in [0.15, 0.2) is 0 Å². The van der Waals surface area contributed by atoms with Crippen LogP contribution < -0.4 is 11.1 Å². The second-order valence-corrected chi connectivity index (χ2v) is 4.42. The summed E-state index contributed by atoms with van der Waals surface area (Å²) in [5, 5.41) is 6.79. The lowest BCUT2D eigenvalue weighted by molar-refractivity contribution is 0.631. The van der Waals surface area contributed by atoms with Crippen molar-refractivity contribution in [2.75, 3.05) is 5.32 Å². The average Bonchev–Trinajstić information content (AvgIpc) is 2.73. The fraction of sp³-hybridized carbons (Fsp3) is 0. The van der Waals surface area contributed by atoms with Gasteiger partial charge in [-0.05, 0) is 29.6 Å². The maximum atomic E-state index is 13.6. The van der Waals surface area contributed by atoms with E-state index in [0.717, 1.165) is 5.69 Å². The summed E-state index contributed by atoms with van der Waals surface area (Å²) >= 11 is 6.32. The van der Waals surface area contributed by atoms with Crippen LogP contribution >= 0.6 is 23.6 Å². The highest BCUT2D eigenvalue weighted by atomic mass is 32.1. The topological polar surface area (TPSA) is 38.0 Å². The zero-order valence-electron chi connectivity index (χ0n) is 8.24. The Labute approximate surface area is 102 Å². The minimum Gasteiger partial charge on any atom is -0.389 e. The maximum Gasteiger partial charge on any atom is 0.147 e. The number of anilines is 2. The van der Waals surface area contributed by atoms with Crippen LogP contribution in [-0.4, -0.2) is 4.99 Å². The first-order chi connectivity index (χ1) is 7.66. The number of thiocarbonyl (C=S) groups is 1. The fourth-order valence-corrected chi connectivity index (χ4v) is 1.98. The van der Waals surface area contributed by atoms with Gasteiger partial charge in [0.25, 0.3) is 0 Å². The van der Waals surface area contributed by atoms with E-state index < -0.39 is 0 Å². The Bertz CT molecular complexity index is 509. The number of nitrogens with two attached hydrogens (primary N) is 1. The lowest BCUT2D eigenvalue weighted by Gasteiger charge is -2.06. The van der Waals surface area contributed by atoms with Crippen LogP contribution in [0.4, 0.5) is 15.8 Å². The molecule has 16 heavy (non-hydrogen) atoms. The molecule has 5 heteroatoms. The SMILES string of the molecule is NC(=S)c1ccc(Nc2ccsc2)c(F)c1. The van der Waals surface area contributed by atoms with Gasteiger partial charge in [0, 0.05) is 16.6 Å². The van der Waals surface area contributed by atoms with Crippen molar-refractivity contribution in [3.05, 3.63) is 46.4 Å². The van der Waals surface area contributed by atoms with E-state index in [9.17, 15) is 4.39 Å². The highest BCUT2D eigenvalue weighted by Gasteiger charge is 2.05. The molecule has 0 aliphatic heterocycles. The van der Waals surface area contributed by atoms with Gasteiger partial charge in [-0.25, -0.2) is 4.39 Å². The molecule has 0 atom stereocenters. The fourth-order valence-electron chi connectivity index (χ4n) is 1.26. The first kappa shape index (κ1) is 11.0. The zero-order valence-corrected chi connectivity index (χ0v) is 9.87. The Kier molecular flexibility index (Phi) is 3.17. The van der Waals surface area contributed by atoms with E-state index in [1.165, 1.54) is 6.07 Å². The van der Waals surface area contributed by atoms with Crippen LogP contribution in [0.1, 0.15) is 5.56 Å². The summed E-state index contributed by atoms with van der Waals surface area (Å²) in [6.07, 6.45) is 0. The van der Waals surface area contributed by atoms with Crippen LogP contribution in [0.2, 0.25) is 0 Å². The van der Waals surface area contributed by atoms with E-state index in [4.69, 9.17) is 18.0 Å². The van der Waals surface area contributed by atoms with Crippen molar-refractivity contribution in [2.45, 2.75) is 0 Å². The molecule has 0 amide bonds. The molecule has 1 heterocycles. The summed E-state index contributed by atoms with van der Waals surface area (Å²) in [7, 11) is 0. The summed E-state index contributed by atoms with van der Waals surface area (Å²) in [5.74, 6) is -0.364. The van der Waals surface area contributed by atoms with Crippen molar-refractivity contribution in [1.82, 2.24) is 0 Å². The standard InChI is InChI=1S/C11H9FN2S2/c12-9-5-7(11(13)15)1-2-10(9)14-8-3-4-16-6-8/h1-6,14H,(H2,13,15). The lowest BCUT2D eigenvalue weighted by atomic mass is 10.2. The molecule has 0 radical (unpaired) electrons. The number of hydrogen-bond acceptors (Lipinski definition) is 3. The molecule has 0 fully saturated rings. The summed E-state index contributed by atoms with van der Waals surface area (Å²) in [6, 6.07) is 6.53. The van der Waals surface area contributed by atoms with Crippen molar-refractivity contribution in [1.29, 1.82) is 0 Å². The Morgan fingerprint density at radius 3 is 2.75 bits per heavy atom. The van der Waals surface area contributed by atoms with Gasteiger partial charge in [0.05, 0.1) is 5.69 Å². The minimum atomic E-state index is -0.364. The third-order valence-electron chi connectivity index (χ3n) is 2.05. The molecule has 0 bridgehead atoms. The first-order valence-corrected chi connectivity index (χ1v) is 5.90. The van der Waals surface area contributed by atoms with Crippen LogP contribution in [0.5, 0.6) is 0 Å². The number of hydrogen-bond donors (Lipinski definition) is 2. The smallest absolute Gasteiger partial charge is 0.147 e. The van der Waals surface area contributed by atoms with Gasteiger partial charge in [-0.3, -0.25) is 0 Å². The number of nitrogens with one attached hydrogen (secondary N) is 1. The van der Waals surface area contributed by atoms with Gasteiger partial charge in [0.1, 0.15) is 10.8 Å². The van der Waals surface area contributed by atoms with E-state index in [1.54, 1.807) is 23.5 Å². The van der Waals surface area contributed by atoms with Crippen LogP contribution in [-0.2, 0) is 0 Å². The molecular formula is C11H9FN2S2. The van der Waals surface area contributed by atoms with Crippen molar-refractivity contribution in [3.63, 3.8) is 0 Å². The van der Waals surface area contributed by atoms with Gasteiger partial charge < -0.3 is 11.1 Å². The van der Waals surface area contributed by atoms with Crippen molar-refractivity contribution >= 4 is 39.9 Å². The maximum absolute atomic E-state index is 13.6. The van der Waals surface area contributed by atoms with Gasteiger partial charge in [-0.1, -0.05) is 12.2 Å².